The van der Waals surface area contributed by atoms with E-state index in [9.17, 15) is 18.0 Å². The fourth-order valence-corrected chi connectivity index (χ4v) is 2.36. The van der Waals surface area contributed by atoms with Gasteiger partial charge < -0.3 is 10.6 Å². The highest BCUT2D eigenvalue weighted by molar-refractivity contribution is 5.99. The van der Waals surface area contributed by atoms with Gasteiger partial charge in [0.15, 0.2) is 0 Å². The molecule has 2 rings (SSSR count). The smallest absolute Gasteiger partial charge is 0.398 e. The van der Waals surface area contributed by atoms with Gasteiger partial charge in [0, 0.05) is 18.8 Å². The summed E-state index contributed by atoms with van der Waals surface area (Å²) < 4.78 is 38.1. The lowest BCUT2D eigenvalue weighted by Crippen LogP contribution is -2.32. The van der Waals surface area contributed by atoms with Crippen molar-refractivity contribution in [2.24, 2.45) is 0 Å². The predicted molar refractivity (Wildman–Crippen MR) is 70.2 cm³/mol. The van der Waals surface area contributed by atoms with Gasteiger partial charge in [-0.25, -0.2) is 0 Å². The molecule has 1 fully saturated rings. The van der Waals surface area contributed by atoms with Gasteiger partial charge in [0.05, 0.1) is 11.1 Å². The van der Waals surface area contributed by atoms with Crippen LogP contribution in [0.4, 0.5) is 18.9 Å². The Morgan fingerprint density at radius 3 is 2.25 bits per heavy atom. The van der Waals surface area contributed by atoms with E-state index in [0.717, 1.165) is 43.9 Å². The predicted octanol–water partition coefficient (Wildman–Crippen LogP) is 3.30. The molecule has 1 heterocycles. The molecule has 1 aliphatic heterocycles. The Labute approximate surface area is 115 Å². The van der Waals surface area contributed by atoms with Crippen molar-refractivity contribution in [3.8, 4) is 0 Å². The van der Waals surface area contributed by atoms with Crippen molar-refractivity contribution in [3.05, 3.63) is 29.3 Å². The summed E-state index contributed by atoms with van der Waals surface area (Å²) in [6, 6.07) is 2.89. The maximum absolute atomic E-state index is 12.7. The van der Waals surface area contributed by atoms with Gasteiger partial charge in [-0.05, 0) is 31.0 Å². The molecule has 0 unspecified atom stereocenters. The summed E-state index contributed by atoms with van der Waals surface area (Å²) in [5, 5.41) is 0. The molecule has 0 saturated carbocycles. The van der Waals surface area contributed by atoms with Crippen molar-refractivity contribution in [1.29, 1.82) is 0 Å². The van der Waals surface area contributed by atoms with Crippen LogP contribution < -0.4 is 5.73 Å². The standard InChI is InChI=1S/C14H17F3N2O/c15-14(16,17)10-5-6-12(18)11(9-10)13(20)19-7-3-1-2-4-8-19/h5-6,9H,1-4,7-8,18H2. The number of hydrogen-bond acceptors (Lipinski definition) is 2. The first-order valence-corrected chi connectivity index (χ1v) is 6.65. The average Bonchev–Trinajstić information content (AvgIpc) is 2.66. The number of nitrogen functional groups attached to an aromatic ring is 1. The van der Waals surface area contributed by atoms with Crippen LogP contribution >= 0.6 is 0 Å². The number of benzene rings is 1. The van der Waals surface area contributed by atoms with Crippen molar-refractivity contribution < 1.29 is 18.0 Å². The van der Waals surface area contributed by atoms with E-state index in [2.05, 4.69) is 0 Å². The van der Waals surface area contributed by atoms with Crippen molar-refractivity contribution >= 4 is 11.6 Å². The monoisotopic (exact) mass is 286 g/mol. The fourth-order valence-electron chi connectivity index (χ4n) is 2.36. The average molecular weight is 286 g/mol. The number of anilines is 1. The van der Waals surface area contributed by atoms with Gasteiger partial charge in [-0.2, -0.15) is 13.2 Å². The second-order valence-corrected chi connectivity index (χ2v) is 5.01. The number of halogens is 3. The van der Waals surface area contributed by atoms with E-state index in [1.165, 1.54) is 0 Å². The van der Waals surface area contributed by atoms with Gasteiger partial charge in [0.1, 0.15) is 0 Å². The van der Waals surface area contributed by atoms with Crippen LogP contribution in [0.15, 0.2) is 18.2 Å². The molecule has 20 heavy (non-hydrogen) atoms. The van der Waals surface area contributed by atoms with Gasteiger partial charge >= 0.3 is 6.18 Å². The molecule has 2 N–H and O–H groups in total. The molecule has 1 aliphatic rings. The van der Waals surface area contributed by atoms with Crippen LogP contribution in [-0.2, 0) is 6.18 Å². The molecule has 0 aromatic heterocycles. The number of alkyl halides is 3. The second kappa shape index (κ2) is 5.73. The van der Waals surface area contributed by atoms with Crippen LogP contribution in [0.3, 0.4) is 0 Å². The molecule has 0 aliphatic carbocycles. The van der Waals surface area contributed by atoms with E-state index in [-0.39, 0.29) is 11.3 Å². The minimum atomic E-state index is -4.47. The van der Waals surface area contributed by atoms with Crippen LogP contribution in [0.25, 0.3) is 0 Å². The molecule has 0 spiro atoms. The maximum Gasteiger partial charge on any atom is 0.416 e. The highest BCUT2D eigenvalue weighted by Crippen LogP contribution is 2.31. The summed E-state index contributed by atoms with van der Waals surface area (Å²) in [5.74, 6) is -0.407. The lowest BCUT2D eigenvalue weighted by Gasteiger charge is -2.21. The first kappa shape index (κ1) is 14.7. The van der Waals surface area contributed by atoms with Gasteiger partial charge in [-0.1, -0.05) is 12.8 Å². The van der Waals surface area contributed by atoms with E-state index >= 15 is 0 Å². The highest BCUT2D eigenvalue weighted by atomic mass is 19.4. The molecule has 0 radical (unpaired) electrons. The number of hydrogen-bond donors (Lipinski definition) is 1. The molecule has 1 saturated heterocycles. The first-order valence-electron chi connectivity index (χ1n) is 6.65. The van der Waals surface area contributed by atoms with E-state index in [1.807, 2.05) is 0 Å². The molecule has 1 aromatic rings. The minimum absolute atomic E-state index is 0.0540. The molecule has 6 heteroatoms. The quantitative estimate of drug-likeness (QED) is 0.805. The van der Waals surface area contributed by atoms with Crippen molar-refractivity contribution in [2.45, 2.75) is 31.9 Å². The molecule has 0 atom stereocenters. The number of nitrogens with two attached hydrogens (primary N) is 1. The summed E-state index contributed by atoms with van der Waals surface area (Å²) >= 11 is 0. The first-order chi connectivity index (χ1) is 9.39. The Morgan fingerprint density at radius 1 is 1.10 bits per heavy atom. The zero-order valence-electron chi connectivity index (χ0n) is 11.0. The zero-order chi connectivity index (χ0) is 14.8. The SMILES string of the molecule is Nc1ccc(C(F)(F)F)cc1C(=O)N1CCCCCC1. The molecule has 3 nitrogen and oxygen atoms in total. The van der Waals surface area contributed by atoms with Gasteiger partial charge in [0.25, 0.3) is 5.91 Å². The highest BCUT2D eigenvalue weighted by Gasteiger charge is 2.32. The second-order valence-electron chi connectivity index (χ2n) is 5.01. The number of nitrogens with zero attached hydrogens (tertiary/aromatic N) is 1. The van der Waals surface area contributed by atoms with Crippen molar-refractivity contribution in [2.75, 3.05) is 18.8 Å². The van der Waals surface area contributed by atoms with Crippen LogP contribution in [0.5, 0.6) is 0 Å². The Morgan fingerprint density at radius 2 is 1.70 bits per heavy atom. The summed E-state index contributed by atoms with van der Waals surface area (Å²) in [6.45, 7) is 1.16. The minimum Gasteiger partial charge on any atom is -0.398 e. The normalized spacial score (nSPS) is 16.9. The van der Waals surface area contributed by atoms with Gasteiger partial charge in [-0.15, -0.1) is 0 Å². The summed E-state index contributed by atoms with van der Waals surface area (Å²) in [6.07, 6.45) is -0.625. The third-order valence-corrected chi connectivity index (χ3v) is 3.50. The van der Waals surface area contributed by atoms with Crippen molar-refractivity contribution in [3.63, 3.8) is 0 Å². The van der Waals surface area contributed by atoms with Crippen LogP contribution in [0, 0.1) is 0 Å². The Bertz CT molecular complexity index is 492. The van der Waals surface area contributed by atoms with E-state index < -0.39 is 17.6 Å². The van der Waals surface area contributed by atoms with Gasteiger partial charge in [0.2, 0.25) is 0 Å². The van der Waals surface area contributed by atoms with Gasteiger partial charge in [-0.3, -0.25) is 4.79 Å². The Kier molecular flexibility index (Phi) is 4.20. The molecule has 1 amide bonds. The van der Waals surface area contributed by atoms with E-state index in [0.29, 0.717) is 13.1 Å². The van der Waals surface area contributed by atoms with Crippen LogP contribution in [0.1, 0.15) is 41.6 Å². The number of likely N-dealkylation sites (tertiary alicyclic amines) is 1. The maximum atomic E-state index is 12.7. The number of rotatable bonds is 1. The Balaban J connectivity index is 2.28. The molecule has 0 bridgehead atoms. The summed E-state index contributed by atoms with van der Waals surface area (Å²) in [4.78, 5) is 13.9. The number of carbonyl (C=O) groups is 1. The number of carbonyl (C=O) groups excluding carboxylic acids is 1. The lowest BCUT2D eigenvalue weighted by molar-refractivity contribution is -0.137. The largest absolute Gasteiger partial charge is 0.416 e. The van der Waals surface area contributed by atoms with Crippen molar-refractivity contribution in [1.82, 2.24) is 4.90 Å². The Hall–Kier alpha value is -1.72. The summed E-state index contributed by atoms with van der Waals surface area (Å²) in [5.41, 5.74) is 4.86. The van der Waals surface area contributed by atoms with Crippen LogP contribution in [-0.4, -0.2) is 23.9 Å². The molecular weight excluding hydrogens is 269 g/mol. The van der Waals surface area contributed by atoms with E-state index in [4.69, 9.17) is 5.73 Å². The lowest BCUT2D eigenvalue weighted by atomic mass is 10.1. The topological polar surface area (TPSA) is 46.3 Å². The fraction of sp³-hybridized carbons (Fsp3) is 0.500. The third kappa shape index (κ3) is 3.23. The molecule has 110 valence electrons. The zero-order valence-corrected chi connectivity index (χ0v) is 11.0. The van der Waals surface area contributed by atoms with E-state index in [1.54, 1.807) is 4.90 Å². The summed E-state index contributed by atoms with van der Waals surface area (Å²) in [7, 11) is 0. The number of amides is 1. The molecule has 1 aromatic carbocycles. The molecular formula is C14H17F3N2O. The van der Waals surface area contributed by atoms with Crippen LogP contribution in [0.2, 0.25) is 0 Å². The third-order valence-electron chi connectivity index (χ3n) is 3.50.